The van der Waals surface area contributed by atoms with Crippen molar-refractivity contribution in [2.45, 2.75) is 32.6 Å². The van der Waals surface area contributed by atoms with Crippen molar-refractivity contribution in [3.8, 4) is 0 Å². The summed E-state index contributed by atoms with van der Waals surface area (Å²) < 4.78 is 26.9. The number of aromatic nitrogens is 1. The van der Waals surface area contributed by atoms with Gasteiger partial charge in [0.1, 0.15) is 11.6 Å². The van der Waals surface area contributed by atoms with Gasteiger partial charge < -0.3 is 5.73 Å². The summed E-state index contributed by atoms with van der Waals surface area (Å²) in [5, 5.41) is 0.512. The Morgan fingerprint density at radius 1 is 1.30 bits per heavy atom. The number of rotatable bonds is 2. The monoisotopic (exact) mass is 316 g/mol. The summed E-state index contributed by atoms with van der Waals surface area (Å²) in [6.07, 6.45) is 0.256. The molecule has 2 aromatic rings. The summed E-state index contributed by atoms with van der Waals surface area (Å²) in [5.74, 6) is -1.34. The molecule has 1 aromatic carbocycles. The molecule has 2 nitrogen and oxygen atoms in total. The summed E-state index contributed by atoms with van der Waals surface area (Å²) in [6.45, 7) is 6.02. The summed E-state index contributed by atoms with van der Waals surface area (Å²) in [6, 6.07) is 1.95. The second-order valence-electron chi connectivity index (χ2n) is 5.60. The summed E-state index contributed by atoms with van der Waals surface area (Å²) in [4.78, 5) is 5.16. The van der Waals surface area contributed by atoms with Gasteiger partial charge in [-0.15, -0.1) is 11.3 Å². The molecule has 0 radical (unpaired) electrons. The van der Waals surface area contributed by atoms with Crippen molar-refractivity contribution in [3.63, 3.8) is 0 Å². The van der Waals surface area contributed by atoms with E-state index in [1.807, 2.05) is 20.8 Å². The second kappa shape index (κ2) is 5.30. The van der Waals surface area contributed by atoms with Crippen LogP contribution in [0.1, 0.15) is 36.9 Å². The SMILES string of the molecule is CC(C)(C)c1nc(N)sc1Cc1c(F)cc(F)cc1Cl. The maximum absolute atomic E-state index is 13.9. The van der Waals surface area contributed by atoms with Crippen LogP contribution < -0.4 is 5.73 Å². The normalized spacial score (nSPS) is 11.9. The van der Waals surface area contributed by atoms with Crippen molar-refractivity contribution >= 4 is 28.1 Å². The van der Waals surface area contributed by atoms with Crippen molar-refractivity contribution in [1.29, 1.82) is 0 Å². The second-order valence-corrected chi connectivity index (χ2v) is 7.12. The molecule has 0 atom stereocenters. The van der Waals surface area contributed by atoms with E-state index in [-0.39, 0.29) is 22.4 Å². The highest BCUT2D eigenvalue weighted by Gasteiger charge is 2.24. The fourth-order valence-electron chi connectivity index (χ4n) is 1.98. The van der Waals surface area contributed by atoms with Crippen molar-refractivity contribution < 1.29 is 8.78 Å². The van der Waals surface area contributed by atoms with Crippen LogP contribution in [0.25, 0.3) is 0 Å². The van der Waals surface area contributed by atoms with Gasteiger partial charge in [-0.25, -0.2) is 13.8 Å². The van der Waals surface area contributed by atoms with Gasteiger partial charge in [-0.3, -0.25) is 0 Å². The molecular formula is C14H15ClF2N2S. The lowest BCUT2D eigenvalue weighted by Gasteiger charge is -2.18. The lowest BCUT2D eigenvalue weighted by molar-refractivity contribution is 0.562. The highest BCUT2D eigenvalue weighted by Crippen LogP contribution is 2.34. The third kappa shape index (κ3) is 3.10. The van der Waals surface area contributed by atoms with Gasteiger partial charge in [0.15, 0.2) is 5.13 Å². The third-order valence-electron chi connectivity index (χ3n) is 2.87. The number of nitrogens with zero attached hydrogens (tertiary/aromatic N) is 1. The zero-order chi connectivity index (χ0) is 15.1. The van der Waals surface area contributed by atoms with E-state index in [0.29, 0.717) is 5.13 Å². The van der Waals surface area contributed by atoms with E-state index in [9.17, 15) is 8.78 Å². The molecule has 2 rings (SSSR count). The average Bonchev–Trinajstić information content (AvgIpc) is 2.64. The molecule has 108 valence electrons. The molecule has 6 heteroatoms. The summed E-state index contributed by atoms with van der Waals surface area (Å²) in [5.41, 5.74) is 6.63. The van der Waals surface area contributed by atoms with Gasteiger partial charge in [-0.05, 0) is 6.07 Å². The van der Waals surface area contributed by atoms with Crippen LogP contribution in [0.2, 0.25) is 5.02 Å². The molecule has 0 fully saturated rings. The van der Waals surface area contributed by atoms with Crippen LogP contribution in [0.15, 0.2) is 12.1 Å². The number of benzene rings is 1. The Hall–Kier alpha value is -1.20. The predicted octanol–water partition coefficient (Wildman–Crippen LogP) is 4.55. The average molecular weight is 317 g/mol. The molecule has 0 saturated carbocycles. The van der Waals surface area contributed by atoms with Crippen LogP contribution >= 0.6 is 22.9 Å². The van der Waals surface area contributed by atoms with E-state index < -0.39 is 11.6 Å². The molecule has 0 saturated heterocycles. The number of nitrogens with two attached hydrogens (primary N) is 1. The Kier molecular flexibility index (Phi) is 4.02. The van der Waals surface area contributed by atoms with Crippen molar-refractivity contribution in [1.82, 2.24) is 4.98 Å². The Morgan fingerprint density at radius 2 is 1.95 bits per heavy atom. The lowest BCUT2D eigenvalue weighted by atomic mass is 9.90. The van der Waals surface area contributed by atoms with Gasteiger partial charge in [-0.2, -0.15) is 0 Å². The topological polar surface area (TPSA) is 38.9 Å². The van der Waals surface area contributed by atoms with Crippen LogP contribution in [-0.2, 0) is 11.8 Å². The molecule has 0 aliphatic heterocycles. The largest absolute Gasteiger partial charge is 0.375 e. The van der Waals surface area contributed by atoms with Crippen LogP contribution in [0, 0.1) is 11.6 Å². The van der Waals surface area contributed by atoms with Crippen LogP contribution in [-0.4, -0.2) is 4.98 Å². The van der Waals surface area contributed by atoms with E-state index in [1.54, 1.807) is 0 Å². The number of hydrogen-bond donors (Lipinski definition) is 1. The number of halogens is 3. The van der Waals surface area contributed by atoms with Crippen LogP contribution in [0.5, 0.6) is 0 Å². The molecule has 0 aliphatic carbocycles. The van der Waals surface area contributed by atoms with E-state index in [2.05, 4.69) is 4.98 Å². The fourth-order valence-corrected chi connectivity index (χ4v) is 3.29. The minimum Gasteiger partial charge on any atom is -0.375 e. The molecule has 0 unspecified atom stereocenters. The lowest BCUT2D eigenvalue weighted by Crippen LogP contribution is -2.14. The molecular weight excluding hydrogens is 302 g/mol. The van der Waals surface area contributed by atoms with E-state index >= 15 is 0 Å². The summed E-state index contributed by atoms with van der Waals surface area (Å²) in [7, 11) is 0. The number of hydrogen-bond acceptors (Lipinski definition) is 3. The van der Waals surface area contributed by atoms with E-state index in [1.165, 1.54) is 11.3 Å². The molecule has 0 spiro atoms. The number of thiazole rings is 1. The van der Waals surface area contributed by atoms with Gasteiger partial charge in [-0.1, -0.05) is 32.4 Å². The zero-order valence-electron chi connectivity index (χ0n) is 11.4. The Morgan fingerprint density at radius 3 is 2.50 bits per heavy atom. The first-order valence-corrected chi connectivity index (χ1v) is 7.27. The minimum atomic E-state index is -0.684. The Balaban J connectivity index is 2.46. The van der Waals surface area contributed by atoms with Crippen molar-refractivity contribution in [2.75, 3.05) is 5.73 Å². The predicted molar refractivity (Wildman–Crippen MR) is 79.4 cm³/mol. The van der Waals surface area contributed by atoms with Crippen molar-refractivity contribution in [2.24, 2.45) is 0 Å². The van der Waals surface area contributed by atoms with Gasteiger partial charge >= 0.3 is 0 Å². The molecule has 20 heavy (non-hydrogen) atoms. The smallest absolute Gasteiger partial charge is 0.180 e. The van der Waals surface area contributed by atoms with Crippen molar-refractivity contribution in [3.05, 3.63) is 44.9 Å². The number of anilines is 1. The first kappa shape index (κ1) is 15.2. The maximum atomic E-state index is 13.9. The number of nitrogen functional groups attached to an aromatic ring is 1. The highest BCUT2D eigenvalue weighted by atomic mass is 35.5. The van der Waals surface area contributed by atoms with Gasteiger partial charge in [0.25, 0.3) is 0 Å². The molecule has 1 aromatic heterocycles. The van der Waals surface area contributed by atoms with Crippen LogP contribution in [0.3, 0.4) is 0 Å². The van der Waals surface area contributed by atoms with E-state index in [0.717, 1.165) is 22.7 Å². The van der Waals surface area contributed by atoms with Gasteiger partial charge in [0.05, 0.1) is 5.69 Å². The first-order valence-electron chi connectivity index (χ1n) is 6.07. The quantitative estimate of drug-likeness (QED) is 0.883. The van der Waals surface area contributed by atoms with Gasteiger partial charge in [0, 0.05) is 33.4 Å². The highest BCUT2D eigenvalue weighted by molar-refractivity contribution is 7.15. The van der Waals surface area contributed by atoms with Crippen LogP contribution in [0.4, 0.5) is 13.9 Å². The molecule has 2 N–H and O–H groups in total. The third-order valence-corrected chi connectivity index (χ3v) is 4.09. The fraction of sp³-hybridized carbons (Fsp3) is 0.357. The molecule has 1 heterocycles. The zero-order valence-corrected chi connectivity index (χ0v) is 13.0. The molecule has 0 bridgehead atoms. The standard InChI is InChI=1S/C14H15ClF2N2S/c1-14(2,3)12-11(20-13(18)19-12)6-8-9(15)4-7(16)5-10(8)17/h4-5H,6H2,1-3H3,(H2,18,19). The maximum Gasteiger partial charge on any atom is 0.180 e. The summed E-state index contributed by atoms with van der Waals surface area (Å²) >= 11 is 7.24. The Labute approximate surface area is 125 Å². The Bertz CT molecular complexity index is 624. The molecule has 0 aliphatic rings. The minimum absolute atomic E-state index is 0.0781. The molecule has 0 amide bonds. The first-order chi connectivity index (χ1) is 9.18. The van der Waals surface area contributed by atoms with Gasteiger partial charge in [0.2, 0.25) is 0 Å². The van der Waals surface area contributed by atoms with E-state index in [4.69, 9.17) is 17.3 Å².